The van der Waals surface area contributed by atoms with Gasteiger partial charge in [-0.05, 0) is 18.1 Å². The minimum absolute atomic E-state index is 0.265. The molecular formula is C17H15N5O3S. The molecule has 0 aliphatic carbocycles. The van der Waals surface area contributed by atoms with E-state index in [9.17, 15) is 14.7 Å². The van der Waals surface area contributed by atoms with E-state index in [0.29, 0.717) is 27.8 Å². The molecule has 132 valence electrons. The highest BCUT2D eigenvalue weighted by Gasteiger charge is 2.36. The summed E-state index contributed by atoms with van der Waals surface area (Å²) in [6.07, 6.45) is 1.67. The molecule has 1 aliphatic rings. The Morgan fingerprint density at radius 1 is 1.31 bits per heavy atom. The van der Waals surface area contributed by atoms with Gasteiger partial charge < -0.3 is 10.0 Å². The molecule has 26 heavy (non-hydrogen) atoms. The second-order valence-corrected chi connectivity index (χ2v) is 7.03. The summed E-state index contributed by atoms with van der Waals surface area (Å²) in [5.41, 5.74) is 2.48. The summed E-state index contributed by atoms with van der Waals surface area (Å²) < 4.78 is 0. The van der Waals surface area contributed by atoms with Crippen molar-refractivity contribution in [2.24, 2.45) is 0 Å². The highest BCUT2D eigenvalue weighted by Crippen LogP contribution is 2.30. The molecule has 0 unspecified atom stereocenters. The van der Waals surface area contributed by atoms with Crippen LogP contribution in [0, 0.1) is 6.92 Å². The number of carbonyl (C=O) groups excluding carboxylic acids is 1. The lowest BCUT2D eigenvalue weighted by molar-refractivity contribution is -0.142. The number of carboxylic acid groups (broad SMARTS) is 1. The van der Waals surface area contributed by atoms with E-state index in [1.165, 1.54) is 22.6 Å². The molecule has 8 nitrogen and oxygen atoms in total. The van der Waals surface area contributed by atoms with Gasteiger partial charge in [-0.1, -0.05) is 24.3 Å². The second-order valence-electron chi connectivity index (χ2n) is 6.03. The Morgan fingerprint density at radius 2 is 2.08 bits per heavy atom. The highest BCUT2D eigenvalue weighted by molar-refractivity contribution is 7.17. The third-order valence-electron chi connectivity index (χ3n) is 4.40. The van der Waals surface area contributed by atoms with Crippen LogP contribution in [0.2, 0.25) is 0 Å². The summed E-state index contributed by atoms with van der Waals surface area (Å²) in [4.78, 5) is 35.1. The van der Waals surface area contributed by atoms with Gasteiger partial charge in [0.2, 0.25) is 0 Å². The van der Waals surface area contributed by atoms with Gasteiger partial charge in [0, 0.05) is 13.0 Å². The van der Waals surface area contributed by atoms with Crippen LogP contribution in [0.1, 0.15) is 26.5 Å². The number of rotatable bonds is 3. The number of aliphatic carboxylic acids is 1. The molecule has 1 atom stereocenters. The highest BCUT2D eigenvalue weighted by atomic mass is 32.1. The topological polar surface area (TPSA) is 112 Å². The minimum atomic E-state index is -1.01. The first kappa shape index (κ1) is 16.4. The standard InChI is InChI=1S/C17H15N5O3S/c1-9-13(26-15(20-9)14-18-8-19-21-14)16(23)22-7-11-5-3-2-4-10(11)6-12(22)17(24)25/h2-5,8,12H,6-7H2,1H3,(H,24,25)(H,18,19,21)/t12-/m1/s1. The van der Waals surface area contributed by atoms with Crippen LogP contribution in [0.3, 0.4) is 0 Å². The number of benzene rings is 1. The van der Waals surface area contributed by atoms with Crippen molar-refractivity contribution in [3.63, 3.8) is 0 Å². The molecule has 4 rings (SSSR count). The van der Waals surface area contributed by atoms with E-state index in [1.54, 1.807) is 6.92 Å². The average Bonchev–Trinajstić information content (AvgIpc) is 3.29. The predicted octanol–water partition coefficient (Wildman–Crippen LogP) is 1.89. The fraction of sp³-hybridized carbons (Fsp3) is 0.235. The van der Waals surface area contributed by atoms with Gasteiger partial charge in [-0.15, -0.1) is 11.3 Å². The molecule has 3 heterocycles. The molecule has 1 aromatic carbocycles. The molecule has 0 saturated heterocycles. The molecule has 0 radical (unpaired) electrons. The number of H-pyrrole nitrogens is 1. The summed E-state index contributed by atoms with van der Waals surface area (Å²) in [5, 5.41) is 16.7. The Kier molecular flexibility index (Phi) is 4.00. The lowest BCUT2D eigenvalue weighted by Crippen LogP contribution is -2.48. The molecular weight excluding hydrogens is 354 g/mol. The largest absolute Gasteiger partial charge is 0.480 e. The van der Waals surface area contributed by atoms with Crippen LogP contribution >= 0.6 is 11.3 Å². The van der Waals surface area contributed by atoms with Crippen LogP contribution in [-0.2, 0) is 17.8 Å². The molecule has 0 fully saturated rings. The number of aryl methyl sites for hydroxylation is 1. The Morgan fingerprint density at radius 3 is 2.77 bits per heavy atom. The first-order chi connectivity index (χ1) is 12.5. The van der Waals surface area contributed by atoms with Crippen molar-refractivity contribution in [3.05, 3.63) is 52.3 Å². The third kappa shape index (κ3) is 2.76. The van der Waals surface area contributed by atoms with Gasteiger partial charge in [0.1, 0.15) is 17.2 Å². The Balaban J connectivity index is 1.70. The van der Waals surface area contributed by atoms with Gasteiger partial charge in [0.15, 0.2) is 10.8 Å². The molecule has 2 N–H and O–H groups in total. The molecule has 9 heteroatoms. The lowest BCUT2D eigenvalue weighted by atomic mass is 9.94. The van der Waals surface area contributed by atoms with Crippen LogP contribution in [-0.4, -0.2) is 48.1 Å². The number of aromatic amines is 1. The van der Waals surface area contributed by atoms with Crippen molar-refractivity contribution in [3.8, 4) is 10.8 Å². The number of fused-ring (bicyclic) bond motifs is 1. The molecule has 1 amide bonds. The van der Waals surface area contributed by atoms with Gasteiger partial charge in [0.25, 0.3) is 5.91 Å². The average molecular weight is 369 g/mol. The van der Waals surface area contributed by atoms with Gasteiger partial charge in [-0.25, -0.2) is 14.8 Å². The number of hydrogen-bond acceptors (Lipinski definition) is 6. The zero-order valence-corrected chi connectivity index (χ0v) is 14.7. The summed E-state index contributed by atoms with van der Waals surface area (Å²) in [5.74, 6) is -0.853. The Bertz CT molecular complexity index is 982. The second kappa shape index (κ2) is 6.34. The number of carbonyl (C=O) groups is 2. The lowest BCUT2D eigenvalue weighted by Gasteiger charge is -2.34. The van der Waals surface area contributed by atoms with E-state index in [1.807, 2.05) is 24.3 Å². The monoisotopic (exact) mass is 369 g/mol. The van der Waals surface area contributed by atoms with Crippen molar-refractivity contribution in [1.29, 1.82) is 0 Å². The predicted molar refractivity (Wildman–Crippen MR) is 93.7 cm³/mol. The smallest absolute Gasteiger partial charge is 0.326 e. The maximum Gasteiger partial charge on any atom is 0.326 e. The number of aromatic nitrogens is 4. The van der Waals surface area contributed by atoms with Crippen LogP contribution in [0.4, 0.5) is 0 Å². The number of carboxylic acids is 1. The van der Waals surface area contributed by atoms with E-state index in [-0.39, 0.29) is 12.5 Å². The minimum Gasteiger partial charge on any atom is -0.480 e. The zero-order valence-electron chi connectivity index (χ0n) is 13.8. The quantitative estimate of drug-likeness (QED) is 0.729. The Labute approximate surface area is 152 Å². The van der Waals surface area contributed by atoms with Crippen LogP contribution in [0.15, 0.2) is 30.6 Å². The zero-order chi connectivity index (χ0) is 18.3. The van der Waals surface area contributed by atoms with Gasteiger partial charge >= 0.3 is 5.97 Å². The van der Waals surface area contributed by atoms with E-state index in [4.69, 9.17) is 0 Å². The van der Waals surface area contributed by atoms with Crippen molar-refractivity contribution >= 4 is 23.2 Å². The van der Waals surface area contributed by atoms with Crippen molar-refractivity contribution < 1.29 is 14.7 Å². The van der Waals surface area contributed by atoms with Crippen molar-refractivity contribution in [1.82, 2.24) is 25.1 Å². The van der Waals surface area contributed by atoms with Gasteiger partial charge in [-0.3, -0.25) is 9.89 Å². The molecule has 2 aromatic heterocycles. The molecule has 0 saturated carbocycles. The molecule has 3 aromatic rings. The summed E-state index contributed by atoms with van der Waals surface area (Å²) >= 11 is 1.19. The molecule has 1 aliphatic heterocycles. The molecule has 0 bridgehead atoms. The van der Waals surface area contributed by atoms with E-state index >= 15 is 0 Å². The maximum absolute atomic E-state index is 13.1. The number of thiazole rings is 1. The molecule has 0 spiro atoms. The SMILES string of the molecule is Cc1nc(-c2ncn[nH]2)sc1C(=O)N1Cc2ccccc2C[C@@H]1C(=O)O. The van der Waals surface area contributed by atoms with Crippen LogP contribution in [0.25, 0.3) is 10.8 Å². The van der Waals surface area contributed by atoms with E-state index in [2.05, 4.69) is 20.2 Å². The summed E-state index contributed by atoms with van der Waals surface area (Å²) in [7, 11) is 0. The number of amides is 1. The van der Waals surface area contributed by atoms with Crippen molar-refractivity contribution in [2.45, 2.75) is 25.9 Å². The van der Waals surface area contributed by atoms with Crippen LogP contribution in [0.5, 0.6) is 0 Å². The number of nitrogens with zero attached hydrogens (tertiary/aromatic N) is 4. The number of hydrogen-bond donors (Lipinski definition) is 2. The summed E-state index contributed by atoms with van der Waals surface area (Å²) in [6.45, 7) is 2.00. The fourth-order valence-electron chi connectivity index (χ4n) is 3.09. The van der Waals surface area contributed by atoms with Gasteiger partial charge in [0.05, 0.1) is 5.69 Å². The normalized spacial score (nSPS) is 16.3. The van der Waals surface area contributed by atoms with Gasteiger partial charge in [-0.2, -0.15) is 5.10 Å². The Hall–Kier alpha value is -3.07. The van der Waals surface area contributed by atoms with E-state index in [0.717, 1.165) is 11.1 Å². The first-order valence-electron chi connectivity index (χ1n) is 7.98. The first-order valence-corrected chi connectivity index (χ1v) is 8.80. The fourth-order valence-corrected chi connectivity index (χ4v) is 4.06. The third-order valence-corrected chi connectivity index (χ3v) is 5.56. The maximum atomic E-state index is 13.1. The van der Waals surface area contributed by atoms with Crippen molar-refractivity contribution in [2.75, 3.05) is 0 Å². The van der Waals surface area contributed by atoms with Crippen LogP contribution < -0.4 is 0 Å². The van der Waals surface area contributed by atoms with E-state index < -0.39 is 12.0 Å². The summed E-state index contributed by atoms with van der Waals surface area (Å²) in [6, 6.07) is 6.71. The number of nitrogens with one attached hydrogen (secondary N) is 1.